The SMILES string of the molecule is CN(c1ccccc1)c1cccc([C@@H]2CCCN2C(=O)CC2CCCC2)c1. The third kappa shape index (κ3) is 4.02. The lowest BCUT2D eigenvalue weighted by molar-refractivity contribution is -0.133. The Morgan fingerprint density at radius 2 is 1.70 bits per heavy atom. The van der Waals surface area contributed by atoms with Crippen LogP contribution in [0.2, 0.25) is 0 Å². The van der Waals surface area contributed by atoms with Gasteiger partial charge in [0.2, 0.25) is 5.91 Å². The van der Waals surface area contributed by atoms with Crippen LogP contribution >= 0.6 is 0 Å². The maximum absolute atomic E-state index is 12.9. The van der Waals surface area contributed by atoms with E-state index in [-0.39, 0.29) is 6.04 Å². The minimum atomic E-state index is 0.239. The van der Waals surface area contributed by atoms with E-state index in [4.69, 9.17) is 0 Å². The van der Waals surface area contributed by atoms with Gasteiger partial charge in [-0.25, -0.2) is 0 Å². The Hall–Kier alpha value is -2.29. The molecule has 2 aromatic carbocycles. The standard InChI is InChI=1S/C24H30N2O/c1-25(21-12-3-2-4-13-21)22-14-7-11-20(18-22)23-15-8-16-26(23)24(27)17-19-9-5-6-10-19/h2-4,7,11-14,18-19,23H,5-6,8-10,15-17H2,1H3/t23-/m0/s1. The van der Waals surface area contributed by atoms with Crippen molar-refractivity contribution >= 4 is 17.3 Å². The fraction of sp³-hybridized carbons (Fsp3) is 0.458. The zero-order valence-electron chi connectivity index (χ0n) is 16.3. The fourth-order valence-electron chi connectivity index (χ4n) is 4.73. The number of carbonyl (C=O) groups excluding carboxylic acids is 1. The van der Waals surface area contributed by atoms with Crippen LogP contribution in [0, 0.1) is 5.92 Å². The maximum atomic E-state index is 12.9. The zero-order valence-corrected chi connectivity index (χ0v) is 16.3. The van der Waals surface area contributed by atoms with Gasteiger partial charge in [0.15, 0.2) is 0 Å². The Kier molecular flexibility index (Phi) is 5.47. The lowest BCUT2D eigenvalue weighted by Gasteiger charge is -2.28. The Morgan fingerprint density at radius 1 is 0.963 bits per heavy atom. The topological polar surface area (TPSA) is 23.6 Å². The van der Waals surface area contributed by atoms with Gasteiger partial charge in [-0.05, 0) is 61.4 Å². The quantitative estimate of drug-likeness (QED) is 0.681. The van der Waals surface area contributed by atoms with E-state index in [1.54, 1.807) is 0 Å². The molecule has 3 nitrogen and oxygen atoms in total. The van der Waals surface area contributed by atoms with Gasteiger partial charge in [0.25, 0.3) is 0 Å². The Balaban J connectivity index is 1.51. The van der Waals surface area contributed by atoms with Gasteiger partial charge in [-0.3, -0.25) is 4.79 Å². The number of benzene rings is 2. The highest BCUT2D eigenvalue weighted by molar-refractivity contribution is 5.77. The van der Waals surface area contributed by atoms with Gasteiger partial charge >= 0.3 is 0 Å². The van der Waals surface area contributed by atoms with E-state index in [9.17, 15) is 4.79 Å². The van der Waals surface area contributed by atoms with Crippen LogP contribution in [-0.4, -0.2) is 24.4 Å². The highest BCUT2D eigenvalue weighted by Crippen LogP contribution is 2.36. The van der Waals surface area contributed by atoms with E-state index >= 15 is 0 Å². The molecule has 1 saturated heterocycles. The van der Waals surface area contributed by atoms with E-state index < -0.39 is 0 Å². The van der Waals surface area contributed by atoms with Crippen molar-refractivity contribution in [1.29, 1.82) is 0 Å². The van der Waals surface area contributed by atoms with Gasteiger partial charge in [-0.15, -0.1) is 0 Å². The van der Waals surface area contributed by atoms with Gasteiger partial charge < -0.3 is 9.80 Å². The molecule has 2 aliphatic rings. The fourth-order valence-corrected chi connectivity index (χ4v) is 4.73. The molecule has 3 heteroatoms. The van der Waals surface area contributed by atoms with Gasteiger partial charge in [-0.1, -0.05) is 43.2 Å². The number of para-hydroxylation sites is 1. The Labute approximate surface area is 163 Å². The van der Waals surface area contributed by atoms with Crippen LogP contribution in [0.3, 0.4) is 0 Å². The lowest BCUT2D eigenvalue weighted by atomic mass is 10.0. The summed E-state index contributed by atoms with van der Waals surface area (Å²) in [5.41, 5.74) is 3.62. The summed E-state index contributed by atoms with van der Waals surface area (Å²) in [6, 6.07) is 19.4. The van der Waals surface area contributed by atoms with E-state index in [1.807, 2.05) is 6.07 Å². The molecule has 27 heavy (non-hydrogen) atoms. The molecule has 0 radical (unpaired) electrons. The molecule has 2 aromatic rings. The second-order valence-corrected chi connectivity index (χ2v) is 8.09. The first kappa shape index (κ1) is 18.1. The van der Waals surface area contributed by atoms with Crippen LogP contribution in [0.25, 0.3) is 0 Å². The first-order valence-electron chi connectivity index (χ1n) is 10.4. The van der Waals surface area contributed by atoms with Gasteiger partial charge in [0, 0.05) is 31.4 Å². The molecule has 1 saturated carbocycles. The molecular weight excluding hydrogens is 332 g/mol. The van der Waals surface area contributed by atoms with Crippen molar-refractivity contribution in [3.63, 3.8) is 0 Å². The molecule has 1 heterocycles. The van der Waals surface area contributed by atoms with Crippen LogP contribution in [-0.2, 0) is 4.79 Å². The summed E-state index contributed by atoms with van der Waals surface area (Å²) in [6.07, 6.45) is 8.02. The predicted molar refractivity (Wildman–Crippen MR) is 111 cm³/mol. The number of hydrogen-bond donors (Lipinski definition) is 0. The van der Waals surface area contributed by atoms with E-state index in [2.05, 4.69) is 65.4 Å². The Bertz CT molecular complexity index is 767. The molecule has 0 aromatic heterocycles. The van der Waals surface area contributed by atoms with Crippen molar-refractivity contribution in [3.05, 3.63) is 60.2 Å². The van der Waals surface area contributed by atoms with Crippen molar-refractivity contribution in [2.75, 3.05) is 18.5 Å². The van der Waals surface area contributed by atoms with E-state index in [0.29, 0.717) is 11.8 Å². The van der Waals surface area contributed by atoms with Gasteiger partial charge in [0.05, 0.1) is 6.04 Å². The summed E-state index contributed by atoms with van der Waals surface area (Å²) in [5.74, 6) is 0.987. The molecule has 0 N–H and O–H groups in total. The molecular formula is C24H30N2O. The van der Waals surface area contributed by atoms with E-state index in [1.165, 1.54) is 42.6 Å². The monoisotopic (exact) mass is 362 g/mol. The second kappa shape index (κ2) is 8.16. The number of nitrogens with zero attached hydrogens (tertiary/aromatic N) is 2. The zero-order chi connectivity index (χ0) is 18.6. The Morgan fingerprint density at radius 3 is 2.48 bits per heavy atom. The maximum Gasteiger partial charge on any atom is 0.223 e. The number of amides is 1. The molecule has 1 aliphatic heterocycles. The second-order valence-electron chi connectivity index (χ2n) is 8.09. The molecule has 1 aliphatic carbocycles. The molecule has 0 bridgehead atoms. The van der Waals surface area contributed by atoms with Crippen LogP contribution in [0.4, 0.5) is 11.4 Å². The first-order chi connectivity index (χ1) is 13.2. The summed E-state index contributed by atoms with van der Waals surface area (Å²) < 4.78 is 0. The van der Waals surface area contributed by atoms with Crippen LogP contribution in [0.15, 0.2) is 54.6 Å². The molecule has 1 amide bonds. The predicted octanol–water partition coefficient (Wildman–Crippen LogP) is 5.70. The summed E-state index contributed by atoms with van der Waals surface area (Å²) >= 11 is 0. The summed E-state index contributed by atoms with van der Waals surface area (Å²) in [5, 5.41) is 0. The first-order valence-corrected chi connectivity index (χ1v) is 10.4. The van der Waals surface area contributed by atoms with Crippen molar-refractivity contribution in [3.8, 4) is 0 Å². The van der Waals surface area contributed by atoms with Crippen molar-refractivity contribution < 1.29 is 4.79 Å². The molecule has 142 valence electrons. The van der Waals surface area contributed by atoms with Crippen molar-refractivity contribution in [1.82, 2.24) is 4.90 Å². The van der Waals surface area contributed by atoms with Crippen LogP contribution in [0.5, 0.6) is 0 Å². The summed E-state index contributed by atoms with van der Waals surface area (Å²) in [7, 11) is 2.10. The molecule has 2 fully saturated rings. The summed E-state index contributed by atoms with van der Waals surface area (Å²) in [6.45, 7) is 0.912. The lowest BCUT2D eigenvalue weighted by Crippen LogP contribution is -2.31. The van der Waals surface area contributed by atoms with Crippen LogP contribution < -0.4 is 4.90 Å². The molecule has 0 unspecified atom stereocenters. The molecule has 1 atom stereocenters. The smallest absolute Gasteiger partial charge is 0.223 e. The van der Waals surface area contributed by atoms with E-state index in [0.717, 1.165) is 25.8 Å². The third-order valence-electron chi connectivity index (χ3n) is 6.30. The average Bonchev–Trinajstić information content (AvgIpc) is 3.40. The minimum absolute atomic E-state index is 0.239. The third-order valence-corrected chi connectivity index (χ3v) is 6.30. The largest absolute Gasteiger partial charge is 0.345 e. The van der Waals surface area contributed by atoms with Crippen molar-refractivity contribution in [2.24, 2.45) is 5.92 Å². The highest BCUT2D eigenvalue weighted by Gasteiger charge is 2.31. The van der Waals surface area contributed by atoms with Crippen LogP contribution in [0.1, 0.15) is 56.6 Å². The van der Waals surface area contributed by atoms with Gasteiger partial charge in [0.1, 0.15) is 0 Å². The molecule has 0 spiro atoms. The number of anilines is 2. The average molecular weight is 363 g/mol. The van der Waals surface area contributed by atoms with Gasteiger partial charge in [-0.2, -0.15) is 0 Å². The number of rotatable bonds is 5. The number of carbonyl (C=O) groups is 1. The number of likely N-dealkylation sites (tertiary alicyclic amines) is 1. The summed E-state index contributed by atoms with van der Waals surface area (Å²) in [4.78, 5) is 17.3. The van der Waals surface area contributed by atoms with Crippen molar-refractivity contribution in [2.45, 2.75) is 51.0 Å². The molecule has 4 rings (SSSR count). The minimum Gasteiger partial charge on any atom is -0.345 e. The highest BCUT2D eigenvalue weighted by atomic mass is 16.2. The number of hydrogen-bond acceptors (Lipinski definition) is 2. The normalized spacial score (nSPS) is 20.2.